The second-order valence-electron chi connectivity index (χ2n) is 6.21. The van der Waals surface area contributed by atoms with E-state index in [1.165, 1.54) is 0 Å². The maximum absolute atomic E-state index is 5.84. The van der Waals surface area contributed by atoms with Gasteiger partial charge in [-0.3, -0.25) is 0 Å². The minimum atomic E-state index is 0.371. The van der Waals surface area contributed by atoms with Crippen molar-refractivity contribution in [1.82, 2.24) is 10.2 Å². The van der Waals surface area contributed by atoms with E-state index in [1.54, 1.807) is 26.4 Å². The van der Waals surface area contributed by atoms with Crippen LogP contribution in [0.25, 0.3) is 22.9 Å². The first-order chi connectivity index (χ1) is 12.6. The lowest BCUT2D eigenvalue weighted by molar-refractivity contribution is 0.271. The zero-order valence-corrected chi connectivity index (χ0v) is 15.4. The van der Waals surface area contributed by atoms with E-state index in [1.807, 2.05) is 30.3 Å². The Kier molecular flexibility index (Phi) is 5.41. The summed E-state index contributed by atoms with van der Waals surface area (Å²) in [6.07, 6.45) is 0. The van der Waals surface area contributed by atoms with Crippen LogP contribution in [-0.4, -0.2) is 31.0 Å². The standard InChI is InChI=1S/C20H22N2O4/c1-13(2)12-25-15-7-5-14(6-8-15)19-21-22-20(26-19)17-11-16(23-3)9-10-18(17)24-4/h5-11,13H,12H2,1-4H3. The van der Waals surface area contributed by atoms with Gasteiger partial charge in [-0.2, -0.15) is 0 Å². The van der Waals surface area contributed by atoms with Gasteiger partial charge in [-0.15, -0.1) is 10.2 Å². The van der Waals surface area contributed by atoms with Crippen LogP contribution in [0.3, 0.4) is 0 Å². The molecule has 0 bridgehead atoms. The molecule has 3 aromatic rings. The summed E-state index contributed by atoms with van der Waals surface area (Å²) in [4.78, 5) is 0. The molecule has 6 nitrogen and oxygen atoms in total. The molecule has 0 aliphatic carbocycles. The number of aromatic nitrogens is 2. The fraction of sp³-hybridized carbons (Fsp3) is 0.300. The molecule has 0 N–H and O–H groups in total. The van der Waals surface area contributed by atoms with Gasteiger partial charge in [0.1, 0.15) is 17.2 Å². The number of hydrogen-bond donors (Lipinski definition) is 0. The van der Waals surface area contributed by atoms with Crippen LogP contribution >= 0.6 is 0 Å². The van der Waals surface area contributed by atoms with E-state index in [0.29, 0.717) is 41.4 Å². The van der Waals surface area contributed by atoms with Crippen LogP contribution in [-0.2, 0) is 0 Å². The second kappa shape index (κ2) is 7.91. The third-order valence-corrected chi connectivity index (χ3v) is 3.75. The van der Waals surface area contributed by atoms with Gasteiger partial charge in [0.2, 0.25) is 5.89 Å². The van der Waals surface area contributed by atoms with Crippen LogP contribution < -0.4 is 14.2 Å². The van der Waals surface area contributed by atoms with Crippen molar-refractivity contribution in [3.05, 3.63) is 42.5 Å². The van der Waals surface area contributed by atoms with Gasteiger partial charge in [0.25, 0.3) is 5.89 Å². The molecule has 0 spiro atoms. The van der Waals surface area contributed by atoms with Crippen LogP contribution in [0, 0.1) is 5.92 Å². The molecule has 136 valence electrons. The van der Waals surface area contributed by atoms with Gasteiger partial charge in [0, 0.05) is 5.56 Å². The highest BCUT2D eigenvalue weighted by Gasteiger charge is 2.16. The first-order valence-electron chi connectivity index (χ1n) is 8.40. The molecule has 0 unspecified atom stereocenters. The zero-order valence-electron chi connectivity index (χ0n) is 15.4. The van der Waals surface area contributed by atoms with Gasteiger partial charge in [-0.25, -0.2) is 0 Å². The van der Waals surface area contributed by atoms with Gasteiger partial charge >= 0.3 is 0 Å². The van der Waals surface area contributed by atoms with Crippen molar-refractivity contribution >= 4 is 0 Å². The number of rotatable bonds is 7. The minimum Gasteiger partial charge on any atom is -0.497 e. The topological polar surface area (TPSA) is 66.6 Å². The Morgan fingerprint density at radius 1 is 0.885 bits per heavy atom. The van der Waals surface area contributed by atoms with Crippen molar-refractivity contribution in [3.8, 4) is 40.2 Å². The smallest absolute Gasteiger partial charge is 0.252 e. The van der Waals surface area contributed by atoms with Crippen molar-refractivity contribution in [2.45, 2.75) is 13.8 Å². The van der Waals surface area contributed by atoms with E-state index < -0.39 is 0 Å². The van der Waals surface area contributed by atoms with Crippen molar-refractivity contribution in [2.75, 3.05) is 20.8 Å². The summed E-state index contributed by atoms with van der Waals surface area (Å²) in [6, 6.07) is 13.0. The predicted molar refractivity (Wildman–Crippen MR) is 98.6 cm³/mol. The molecule has 0 saturated heterocycles. The number of hydrogen-bond acceptors (Lipinski definition) is 6. The van der Waals surface area contributed by atoms with E-state index >= 15 is 0 Å². The summed E-state index contributed by atoms with van der Waals surface area (Å²) in [7, 11) is 3.20. The van der Waals surface area contributed by atoms with Crippen LogP contribution in [0.15, 0.2) is 46.9 Å². The van der Waals surface area contributed by atoms with Crippen LogP contribution in [0.5, 0.6) is 17.2 Å². The van der Waals surface area contributed by atoms with Crippen molar-refractivity contribution < 1.29 is 18.6 Å². The van der Waals surface area contributed by atoms with E-state index in [4.69, 9.17) is 18.6 Å². The second-order valence-corrected chi connectivity index (χ2v) is 6.21. The third kappa shape index (κ3) is 3.96. The Bertz CT molecular complexity index is 857. The Balaban J connectivity index is 1.84. The molecule has 0 radical (unpaired) electrons. The van der Waals surface area contributed by atoms with Crippen molar-refractivity contribution in [2.24, 2.45) is 5.92 Å². The largest absolute Gasteiger partial charge is 0.497 e. The Hall–Kier alpha value is -3.02. The maximum Gasteiger partial charge on any atom is 0.252 e. The van der Waals surface area contributed by atoms with Gasteiger partial charge in [-0.05, 0) is 48.4 Å². The average Bonchev–Trinajstić information content (AvgIpc) is 3.16. The number of methoxy groups -OCH3 is 2. The van der Waals surface area contributed by atoms with E-state index in [9.17, 15) is 0 Å². The quantitative estimate of drug-likeness (QED) is 0.624. The van der Waals surface area contributed by atoms with E-state index in [0.717, 1.165) is 11.3 Å². The molecule has 1 aromatic heterocycles. The number of ether oxygens (including phenoxy) is 3. The molecule has 6 heteroatoms. The third-order valence-electron chi connectivity index (χ3n) is 3.75. The molecular weight excluding hydrogens is 332 g/mol. The highest BCUT2D eigenvalue weighted by Crippen LogP contribution is 2.34. The summed E-state index contributed by atoms with van der Waals surface area (Å²) in [6.45, 7) is 4.90. The van der Waals surface area contributed by atoms with Gasteiger partial charge < -0.3 is 18.6 Å². The molecule has 0 aliphatic heterocycles. The molecule has 0 aliphatic rings. The highest BCUT2D eigenvalue weighted by atomic mass is 16.5. The average molecular weight is 354 g/mol. The van der Waals surface area contributed by atoms with Crippen LogP contribution in [0.1, 0.15) is 13.8 Å². The van der Waals surface area contributed by atoms with Crippen molar-refractivity contribution in [1.29, 1.82) is 0 Å². The summed E-state index contributed by atoms with van der Waals surface area (Å²) >= 11 is 0. The minimum absolute atomic E-state index is 0.371. The first kappa shape index (κ1) is 17.8. The van der Waals surface area contributed by atoms with E-state index in [2.05, 4.69) is 24.0 Å². The van der Waals surface area contributed by atoms with E-state index in [-0.39, 0.29) is 0 Å². The number of benzene rings is 2. The molecule has 0 amide bonds. The monoisotopic (exact) mass is 354 g/mol. The molecule has 26 heavy (non-hydrogen) atoms. The molecule has 2 aromatic carbocycles. The lowest BCUT2D eigenvalue weighted by Gasteiger charge is -2.08. The Labute approximate surface area is 152 Å². The van der Waals surface area contributed by atoms with Gasteiger partial charge in [-0.1, -0.05) is 13.8 Å². The lowest BCUT2D eigenvalue weighted by atomic mass is 10.2. The molecule has 0 fully saturated rings. The van der Waals surface area contributed by atoms with Crippen LogP contribution in [0.2, 0.25) is 0 Å². The summed E-state index contributed by atoms with van der Waals surface area (Å²) < 4.78 is 22.2. The molecule has 1 heterocycles. The fourth-order valence-corrected chi connectivity index (χ4v) is 2.39. The summed E-state index contributed by atoms with van der Waals surface area (Å²) in [5, 5.41) is 8.29. The predicted octanol–water partition coefficient (Wildman–Crippen LogP) is 4.46. The molecule has 3 rings (SSSR count). The molecule has 0 atom stereocenters. The summed E-state index contributed by atoms with van der Waals surface area (Å²) in [5.41, 5.74) is 1.50. The van der Waals surface area contributed by atoms with Gasteiger partial charge in [0.05, 0.1) is 26.4 Å². The normalized spacial score (nSPS) is 10.8. The Morgan fingerprint density at radius 3 is 2.23 bits per heavy atom. The lowest BCUT2D eigenvalue weighted by Crippen LogP contribution is -2.04. The number of nitrogens with zero attached hydrogens (tertiary/aromatic N) is 2. The summed E-state index contributed by atoms with van der Waals surface area (Å²) in [5.74, 6) is 3.42. The highest BCUT2D eigenvalue weighted by molar-refractivity contribution is 5.66. The van der Waals surface area contributed by atoms with Gasteiger partial charge in [0.15, 0.2) is 0 Å². The van der Waals surface area contributed by atoms with Crippen LogP contribution in [0.4, 0.5) is 0 Å². The molecule has 0 saturated carbocycles. The zero-order chi connectivity index (χ0) is 18.5. The Morgan fingerprint density at radius 2 is 1.58 bits per heavy atom. The van der Waals surface area contributed by atoms with Crippen molar-refractivity contribution in [3.63, 3.8) is 0 Å². The fourth-order valence-electron chi connectivity index (χ4n) is 2.39. The molecular formula is C20H22N2O4. The first-order valence-corrected chi connectivity index (χ1v) is 8.40. The maximum atomic E-state index is 5.84. The SMILES string of the molecule is COc1ccc(OC)c(-c2nnc(-c3ccc(OCC(C)C)cc3)o2)c1.